The molecule has 3 rings (SSSR count). The van der Waals surface area contributed by atoms with Crippen molar-refractivity contribution in [3.63, 3.8) is 0 Å². The lowest BCUT2D eigenvalue weighted by Crippen LogP contribution is -2.48. The van der Waals surface area contributed by atoms with E-state index in [0.29, 0.717) is 18.5 Å². The van der Waals surface area contributed by atoms with Gasteiger partial charge in [-0.2, -0.15) is 0 Å². The van der Waals surface area contributed by atoms with E-state index in [9.17, 15) is 14.4 Å². The van der Waals surface area contributed by atoms with Crippen LogP contribution in [0.3, 0.4) is 0 Å². The van der Waals surface area contributed by atoms with Crippen LogP contribution in [0.25, 0.3) is 0 Å². The van der Waals surface area contributed by atoms with Crippen molar-refractivity contribution in [2.75, 3.05) is 11.1 Å². The van der Waals surface area contributed by atoms with E-state index in [-0.39, 0.29) is 29.4 Å². The minimum Gasteiger partial charge on any atom is -0.324 e. The molecule has 1 aliphatic carbocycles. The number of imide groups is 1. The molecule has 1 aromatic carbocycles. The summed E-state index contributed by atoms with van der Waals surface area (Å²) >= 11 is 1.02. The summed E-state index contributed by atoms with van der Waals surface area (Å²) < 4.78 is 0. The van der Waals surface area contributed by atoms with Crippen molar-refractivity contribution in [3.8, 4) is 0 Å². The van der Waals surface area contributed by atoms with Gasteiger partial charge < -0.3 is 11.1 Å². The summed E-state index contributed by atoms with van der Waals surface area (Å²) in [7, 11) is 0. The Kier molecular flexibility index (Phi) is 4.41. The summed E-state index contributed by atoms with van der Waals surface area (Å²) in [6, 6.07) is 7.14. The zero-order valence-electron chi connectivity index (χ0n) is 12.7. The van der Waals surface area contributed by atoms with Crippen LogP contribution in [0.2, 0.25) is 0 Å². The quantitative estimate of drug-likeness (QED) is 0.880. The number of hydrogen-bond donors (Lipinski definition) is 2. The van der Waals surface area contributed by atoms with Gasteiger partial charge in [0.15, 0.2) is 0 Å². The van der Waals surface area contributed by atoms with Gasteiger partial charge in [0.05, 0.1) is 17.8 Å². The van der Waals surface area contributed by atoms with Crippen molar-refractivity contribution in [1.29, 1.82) is 0 Å². The molecule has 0 bridgehead atoms. The first kappa shape index (κ1) is 16.0. The van der Waals surface area contributed by atoms with Gasteiger partial charge in [-0.1, -0.05) is 36.7 Å². The van der Waals surface area contributed by atoms with Gasteiger partial charge in [-0.05, 0) is 30.5 Å². The van der Waals surface area contributed by atoms with Crippen LogP contribution in [0, 0.1) is 0 Å². The van der Waals surface area contributed by atoms with Crippen LogP contribution in [0.15, 0.2) is 24.3 Å². The fraction of sp³-hybridized carbons (Fsp3) is 0.438. The van der Waals surface area contributed by atoms with Crippen LogP contribution in [-0.4, -0.2) is 33.2 Å². The third-order valence-corrected chi connectivity index (χ3v) is 5.20. The van der Waals surface area contributed by atoms with Gasteiger partial charge in [0.1, 0.15) is 0 Å². The summed E-state index contributed by atoms with van der Waals surface area (Å²) in [6.07, 6.45) is 3.40. The molecule has 1 aliphatic heterocycles. The van der Waals surface area contributed by atoms with Gasteiger partial charge in [0, 0.05) is 5.69 Å². The fourth-order valence-electron chi connectivity index (χ4n) is 2.90. The van der Waals surface area contributed by atoms with Gasteiger partial charge in [-0.3, -0.25) is 19.3 Å². The van der Waals surface area contributed by atoms with Gasteiger partial charge >= 0.3 is 0 Å². The van der Waals surface area contributed by atoms with E-state index >= 15 is 0 Å². The predicted octanol–water partition coefficient (Wildman–Crippen LogP) is 2.09. The monoisotopic (exact) mass is 333 g/mol. The molecular weight excluding hydrogens is 314 g/mol. The Morgan fingerprint density at radius 3 is 2.43 bits per heavy atom. The van der Waals surface area contributed by atoms with Gasteiger partial charge in [0.2, 0.25) is 11.8 Å². The lowest BCUT2D eigenvalue weighted by atomic mass is 9.98. The summed E-state index contributed by atoms with van der Waals surface area (Å²) in [5, 5.41) is 2.64. The van der Waals surface area contributed by atoms with Crippen molar-refractivity contribution in [3.05, 3.63) is 29.8 Å². The highest BCUT2D eigenvalue weighted by Crippen LogP contribution is 2.28. The Balaban J connectivity index is 1.62. The molecule has 1 saturated heterocycles. The molecule has 0 atom stereocenters. The Labute approximate surface area is 138 Å². The smallest absolute Gasteiger partial charge is 0.289 e. The Morgan fingerprint density at radius 1 is 1.22 bits per heavy atom. The van der Waals surface area contributed by atoms with Crippen LogP contribution in [0.1, 0.15) is 31.2 Å². The summed E-state index contributed by atoms with van der Waals surface area (Å²) in [4.78, 5) is 36.7. The van der Waals surface area contributed by atoms with E-state index in [0.717, 1.165) is 30.2 Å². The Morgan fingerprint density at radius 2 is 1.87 bits per heavy atom. The number of benzene rings is 1. The molecule has 1 aromatic rings. The van der Waals surface area contributed by atoms with Crippen LogP contribution in [0.4, 0.5) is 10.5 Å². The van der Waals surface area contributed by atoms with Crippen molar-refractivity contribution < 1.29 is 14.4 Å². The maximum atomic E-state index is 12.2. The molecule has 0 unspecified atom stereocenters. The largest absolute Gasteiger partial charge is 0.324 e. The lowest BCUT2D eigenvalue weighted by Gasteiger charge is -2.22. The summed E-state index contributed by atoms with van der Waals surface area (Å²) in [5.41, 5.74) is 6.88. The number of carbonyl (C=O) groups is 3. The molecule has 122 valence electrons. The number of carbonyl (C=O) groups excluding carboxylic acids is 3. The number of anilines is 1. The molecular formula is C16H19N3O3S. The molecule has 2 fully saturated rings. The second kappa shape index (κ2) is 6.33. The van der Waals surface area contributed by atoms with Gasteiger partial charge in [-0.15, -0.1) is 0 Å². The first-order chi connectivity index (χ1) is 11.0. The molecule has 23 heavy (non-hydrogen) atoms. The van der Waals surface area contributed by atoms with E-state index in [2.05, 4.69) is 5.32 Å². The topological polar surface area (TPSA) is 92.5 Å². The maximum absolute atomic E-state index is 12.2. The second-order valence-electron chi connectivity index (χ2n) is 6.05. The number of hydrogen-bond acceptors (Lipinski definition) is 5. The average Bonchev–Trinajstić information content (AvgIpc) is 3.11. The maximum Gasteiger partial charge on any atom is 0.289 e. The predicted molar refractivity (Wildman–Crippen MR) is 88.9 cm³/mol. The molecule has 0 aromatic heterocycles. The molecule has 3 amide bonds. The zero-order valence-corrected chi connectivity index (χ0v) is 13.5. The SMILES string of the molecule is NC1(C(=O)Nc2ccc(CN3C(=O)CSC3=O)cc2)CCCC1. The molecule has 1 saturated carbocycles. The van der Waals surface area contributed by atoms with Crippen LogP contribution in [-0.2, 0) is 16.1 Å². The highest BCUT2D eigenvalue weighted by atomic mass is 32.2. The molecule has 7 heteroatoms. The highest BCUT2D eigenvalue weighted by Gasteiger charge is 2.37. The molecule has 2 aliphatic rings. The van der Waals surface area contributed by atoms with Gasteiger partial charge in [-0.25, -0.2) is 0 Å². The van der Waals surface area contributed by atoms with E-state index in [1.165, 1.54) is 4.90 Å². The van der Waals surface area contributed by atoms with Crippen molar-refractivity contribution in [2.45, 2.75) is 37.8 Å². The van der Waals surface area contributed by atoms with E-state index < -0.39 is 5.54 Å². The number of nitrogens with two attached hydrogens (primary N) is 1. The van der Waals surface area contributed by atoms with E-state index in [4.69, 9.17) is 5.73 Å². The minimum absolute atomic E-state index is 0.149. The molecule has 3 N–H and O–H groups in total. The number of nitrogens with zero attached hydrogens (tertiary/aromatic N) is 1. The number of thioether (sulfide) groups is 1. The highest BCUT2D eigenvalue weighted by molar-refractivity contribution is 8.14. The third-order valence-electron chi connectivity index (χ3n) is 4.34. The summed E-state index contributed by atoms with van der Waals surface area (Å²) in [6.45, 7) is 0.264. The zero-order chi connectivity index (χ0) is 16.4. The Hall–Kier alpha value is -1.86. The van der Waals surface area contributed by atoms with Crippen molar-refractivity contribution >= 4 is 34.5 Å². The number of rotatable bonds is 4. The standard InChI is InChI=1S/C16H19N3O3S/c17-16(7-1-2-8-16)14(21)18-12-5-3-11(4-6-12)9-19-13(20)10-23-15(19)22/h3-6H,1-2,7-10,17H2,(H,18,21). The summed E-state index contributed by atoms with van der Waals surface area (Å²) in [5.74, 6) is -0.0984. The van der Waals surface area contributed by atoms with Crippen molar-refractivity contribution in [1.82, 2.24) is 4.90 Å². The third kappa shape index (κ3) is 3.40. The van der Waals surface area contributed by atoms with Crippen LogP contribution < -0.4 is 11.1 Å². The first-order valence-corrected chi connectivity index (χ1v) is 8.63. The van der Waals surface area contributed by atoms with Crippen LogP contribution in [0.5, 0.6) is 0 Å². The Bertz CT molecular complexity index is 622. The number of nitrogens with one attached hydrogen (secondary N) is 1. The van der Waals surface area contributed by atoms with E-state index in [1.807, 2.05) is 0 Å². The fourth-order valence-corrected chi connectivity index (χ4v) is 3.62. The molecule has 0 radical (unpaired) electrons. The minimum atomic E-state index is -0.760. The molecule has 6 nitrogen and oxygen atoms in total. The van der Waals surface area contributed by atoms with Crippen LogP contribution >= 0.6 is 11.8 Å². The number of amides is 3. The molecule has 0 spiro atoms. The van der Waals surface area contributed by atoms with Crippen molar-refractivity contribution in [2.24, 2.45) is 5.73 Å². The molecule has 1 heterocycles. The normalized spacial score (nSPS) is 20.1. The van der Waals surface area contributed by atoms with Gasteiger partial charge in [0.25, 0.3) is 5.24 Å². The average molecular weight is 333 g/mol. The second-order valence-corrected chi connectivity index (χ2v) is 6.98. The first-order valence-electron chi connectivity index (χ1n) is 7.64. The lowest BCUT2D eigenvalue weighted by molar-refractivity contribution is -0.125. The van der Waals surface area contributed by atoms with E-state index in [1.54, 1.807) is 24.3 Å².